The Balaban J connectivity index is 1.82. The van der Waals surface area contributed by atoms with E-state index >= 15 is 0 Å². The largest absolute Gasteiger partial charge is 0.376 e. The summed E-state index contributed by atoms with van der Waals surface area (Å²) in [6.45, 7) is 2.24. The van der Waals surface area contributed by atoms with Gasteiger partial charge in [0, 0.05) is 18.7 Å². The predicted octanol–water partition coefficient (Wildman–Crippen LogP) is 6.33. The molecule has 1 heterocycles. The van der Waals surface area contributed by atoms with Crippen molar-refractivity contribution in [3.05, 3.63) is 48.5 Å². The molecular formula is C16H17Br2NS. The standard InChI is InChI=1S/C16H17Br2NS/c1-10(19-16-12(17)6-4-7-13(16)18)15-9-11-5-2-3-8-14(11)20-15/h4,6-7,9-10,19H,2-3,5,8H2,1H3. The maximum Gasteiger partial charge on any atom is 0.0633 e. The van der Waals surface area contributed by atoms with Gasteiger partial charge in [-0.05, 0) is 88.2 Å². The number of hydrogen-bond donors (Lipinski definition) is 1. The Morgan fingerprint density at radius 3 is 2.55 bits per heavy atom. The fourth-order valence-corrected chi connectivity index (χ4v) is 5.14. The first-order valence-electron chi connectivity index (χ1n) is 6.97. The molecule has 2 aromatic rings. The summed E-state index contributed by atoms with van der Waals surface area (Å²) in [7, 11) is 0. The molecule has 0 spiro atoms. The van der Waals surface area contributed by atoms with E-state index in [9.17, 15) is 0 Å². The van der Waals surface area contributed by atoms with Gasteiger partial charge in [-0.1, -0.05) is 6.07 Å². The van der Waals surface area contributed by atoms with E-state index in [-0.39, 0.29) is 0 Å². The molecule has 0 aliphatic heterocycles. The molecule has 0 bridgehead atoms. The number of benzene rings is 1. The minimum atomic E-state index is 0.334. The van der Waals surface area contributed by atoms with Crippen molar-refractivity contribution < 1.29 is 0 Å². The van der Waals surface area contributed by atoms with E-state index in [0.29, 0.717) is 6.04 Å². The summed E-state index contributed by atoms with van der Waals surface area (Å²) in [5.74, 6) is 0. The molecule has 106 valence electrons. The van der Waals surface area contributed by atoms with Crippen molar-refractivity contribution in [2.45, 2.75) is 38.6 Å². The van der Waals surface area contributed by atoms with Crippen LogP contribution in [0.25, 0.3) is 0 Å². The van der Waals surface area contributed by atoms with Gasteiger partial charge in [0.1, 0.15) is 0 Å². The van der Waals surface area contributed by atoms with Crippen LogP contribution in [0.5, 0.6) is 0 Å². The lowest BCUT2D eigenvalue weighted by Crippen LogP contribution is -2.06. The molecule has 0 fully saturated rings. The van der Waals surface area contributed by atoms with Crippen LogP contribution < -0.4 is 5.32 Å². The predicted molar refractivity (Wildman–Crippen MR) is 94.8 cm³/mol. The zero-order valence-electron chi connectivity index (χ0n) is 11.4. The number of nitrogens with one attached hydrogen (secondary N) is 1. The average Bonchev–Trinajstić information content (AvgIpc) is 2.87. The van der Waals surface area contributed by atoms with Crippen LogP contribution in [0.4, 0.5) is 5.69 Å². The van der Waals surface area contributed by atoms with Crippen molar-refractivity contribution >= 4 is 48.9 Å². The lowest BCUT2D eigenvalue weighted by atomic mass is 9.99. The first-order valence-corrected chi connectivity index (χ1v) is 9.37. The van der Waals surface area contributed by atoms with Gasteiger partial charge in [-0.25, -0.2) is 0 Å². The van der Waals surface area contributed by atoms with Gasteiger partial charge in [0.15, 0.2) is 0 Å². The van der Waals surface area contributed by atoms with Crippen molar-refractivity contribution in [3.8, 4) is 0 Å². The Hall–Kier alpha value is -0.320. The van der Waals surface area contributed by atoms with Gasteiger partial charge in [0.25, 0.3) is 0 Å². The highest BCUT2D eigenvalue weighted by molar-refractivity contribution is 9.11. The van der Waals surface area contributed by atoms with Crippen LogP contribution in [-0.4, -0.2) is 0 Å². The molecule has 1 nitrogen and oxygen atoms in total. The molecule has 1 atom stereocenters. The van der Waals surface area contributed by atoms with Gasteiger partial charge in [-0.15, -0.1) is 11.3 Å². The highest BCUT2D eigenvalue weighted by atomic mass is 79.9. The van der Waals surface area contributed by atoms with Gasteiger partial charge in [-0.2, -0.15) is 0 Å². The molecule has 4 heteroatoms. The van der Waals surface area contributed by atoms with E-state index in [1.165, 1.54) is 30.6 Å². The summed E-state index contributed by atoms with van der Waals surface area (Å²) in [6.07, 6.45) is 5.23. The number of fused-ring (bicyclic) bond motifs is 1. The fourth-order valence-electron chi connectivity index (χ4n) is 2.65. The third-order valence-corrected chi connectivity index (χ3v) is 6.51. The molecule has 20 heavy (non-hydrogen) atoms. The second-order valence-electron chi connectivity index (χ2n) is 5.27. The summed E-state index contributed by atoms with van der Waals surface area (Å²) in [6, 6.07) is 8.91. The molecule has 1 aliphatic carbocycles. The number of aryl methyl sites for hydroxylation is 2. The third-order valence-electron chi connectivity index (χ3n) is 3.77. The molecule has 0 radical (unpaired) electrons. The number of anilines is 1. The Morgan fingerprint density at radius 2 is 1.85 bits per heavy atom. The number of hydrogen-bond acceptors (Lipinski definition) is 2. The van der Waals surface area contributed by atoms with E-state index in [1.54, 1.807) is 10.4 Å². The van der Waals surface area contributed by atoms with Crippen LogP contribution in [0.1, 0.15) is 41.1 Å². The van der Waals surface area contributed by atoms with Crippen molar-refractivity contribution in [2.24, 2.45) is 0 Å². The van der Waals surface area contributed by atoms with E-state index < -0.39 is 0 Å². The van der Waals surface area contributed by atoms with Crippen LogP contribution in [0.3, 0.4) is 0 Å². The maximum absolute atomic E-state index is 3.62. The van der Waals surface area contributed by atoms with Crippen molar-refractivity contribution in [2.75, 3.05) is 5.32 Å². The van der Waals surface area contributed by atoms with Gasteiger partial charge in [0.2, 0.25) is 0 Å². The first-order chi connectivity index (χ1) is 9.65. The lowest BCUT2D eigenvalue weighted by Gasteiger charge is -2.16. The Kier molecular flexibility index (Phi) is 4.53. The van der Waals surface area contributed by atoms with E-state index in [2.05, 4.69) is 62.3 Å². The minimum absolute atomic E-state index is 0.334. The quantitative estimate of drug-likeness (QED) is 0.618. The molecular weight excluding hydrogens is 398 g/mol. The Morgan fingerprint density at radius 1 is 1.15 bits per heavy atom. The van der Waals surface area contributed by atoms with Crippen LogP contribution >= 0.6 is 43.2 Å². The molecule has 0 amide bonds. The molecule has 1 aromatic heterocycles. The Labute approximate surface area is 141 Å². The van der Waals surface area contributed by atoms with Crippen LogP contribution in [0, 0.1) is 0 Å². The molecule has 1 N–H and O–H groups in total. The average molecular weight is 415 g/mol. The van der Waals surface area contributed by atoms with Gasteiger partial charge in [-0.3, -0.25) is 0 Å². The summed E-state index contributed by atoms with van der Waals surface area (Å²) in [5.41, 5.74) is 2.71. The van der Waals surface area contributed by atoms with Gasteiger partial charge >= 0.3 is 0 Å². The van der Waals surface area contributed by atoms with Gasteiger partial charge < -0.3 is 5.32 Å². The summed E-state index contributed by atoms with van der Waals surface area (Å²) < 4.78 is 2.19. The Bertz CT molecular complexity index is 577. The zero-order chi connectivity index (χ0) is 14.1. The summed E-state index contributed by atoms with van der Waals surface area (Å²) >= 11 is 9.21. The molecule has 1 unspecified atom stereocenters. The molecule has 1 aliphatic rings. The van der Waals surface area contributed by atoms with Crippen LogP contribution in [0.2, 0.25) is 0 Å². The van der Waals surface area contributed by atoms with Gasteiger partial charge in [0.05, 0.1) is 11.7 Å². The number of para-hydroxylation sites is 1. The fraction of sp³-hybridized carbons (Fsp3) is 0.375. The summed E-state index contributed by atoms with van der Waals surface area (Å²) in [5, 5.41) is 3.62. The SMILES string of the molecule is CC(Nc1c(Br)cccc1Br)c1cc2c(s1)CCCC2. The lowest BCUT2D eigenvalue weighted by molar-refractivity contribution is 0.696. The van der Waals surface area contributed by atoms with Crippen LogP contribution in [-0.2, 0) is 12.8 Å². The second kappa shape index (κ2) is 6.20. The van der Waals surface area contributed by atoms with Crippen LogP contribution in [0.15, 0.2) is 33.2 Å². The molecule has 3 rings (SSSR count). The molecule has 0 saturated carbocycles. The normalized spacial score (nSPS) is 15.8. The monoisotopic (exact) mass is 413 g/mol. The maximum atomic E-state index is 3.62. The highest BCUT2D eigenvalue weighted by Crippen LogP contribution is 2.37. The third kappa shape index (κ3) is 2.97. The second-order valence-corrected chi connectivity index (χ2v) is 8.14. The molecule has 0 saturated heterocycles. The number of thiophene rings is 1. The highest BCUT2D eigenvalue weighted by Gasteiger charge is 2.17. The van der Waals surface area contributed by atoms with E-state index in [0.717, 1.165) is 14.6 Å². The number of rotatable bonds is 3. The zero-order valence-corrected chi connectivity index (χ0v) is 15.4. The van der Waals surface area contributed by atoms with E-state index in [1.807, 2.05) is 17.4 Å². The van der Waals surface area contributed by atoms with Crippen molar-refractivity contribution in [1.29, 1.82) is 0 Å². The first kappa shape index (κ1) is 14.6. The van der Waals surface area contributed by atoms with Crippen molar-refractivity contribution in [3.63, 3.8) is 0 Å². The minimum Gasteiger partial charge on any atom is -0.376 e. The number of halogens is 2. The van der Waals surface area contributed by atoms with Crippen molar-refractivity contribution in [1.82, 2.24) is 0 Å². The van der Waals surface area contributed by atoms with E-state index in [4.69, 9.17) is 0 Å². The topological polar surface area (TPSA) is 12.0 Å². The molecule has 1 aromatic carbocycles. The summed E-state index contributed by atoms with van der Waals surface area (Å²) in [4.78, 5) is 3.05. The smallest absolute Gasteiger partial charge is 0.0633 e.